The Morgan fingerprint density at radius 3 is 2.81 bits per heavy atom. The van der Waals surface area contributed by atoms with Crippen molar-refractivity contribution in [2.45, 2.75) is 39.3 Å². The average Bonchev–Trinajstić information content (AvgIpc) is 3.42. The Bertz CT molecular complexity index is 1740. The number of hydrogen-bond acceptors (Lipinski definition) is 9. The zero-order chi connectivity index (χ0) is 29.1. The molecule has 1 amide bonds. The number of carbonyl (C=O) groups is 1. The van der Waals surface area contributed by atoms with Gasteiger partial charge in [0.2, 0.25) is 11.8 Å². The predicted molar refractivity (Wildman–Crippen MR) is 164 cm³/mol. The minimum Gasteiger partial charge on any atom is -0.465 e. The number of rotatable bonds is 8. The molecule has 0 bridgehead atoms. The number of aryl methyl sites for hydroxylation is 2. The maximum absolute atomic E-state index is 11.4. The zero-order valence-electron chi connectivity index (χ0n) is 23.4. The Morgan fingerprint density at radius 1 is 1.07 bits per heavy atom. The van der Waals surface area contributed by atoms with Crippen molar-refractivity contribution in [3.05, 3.63) is 82.6 Å². The van der Waals surface area contributed by atoms with Crippen LogP contribution in [0.3, 0.4) is 0 Å². The van der Waals surface area contributed by atoms with Crippen molar-refractivity contribution in [3.63, 3.8) is 0 Å². The molecule has 1 unspecified atom stereocenters. The van der Waals surface area contributed by atoms with Gasteiger partial charge in [0.1, 0.15) is 5.75 Å². The molecule has 6 rings (SSSR count). The molecule has 1 fully saturated rings. The summed E-state index contributed by atoms with van der Waals surface area (Å²) in [5.41, 5.74) is 6.27. The number of hydrogen-bond donors (Lipinski definition) is 3. The van der Waals surface area contributed by atoms with Gasteiger partial charge in [-0.1, -0.05) is 24.3 Å². The SMILES string of the molecule is Cc1ccc2c(NCc3ncsc3C)cccc2c1Oc1ncccc1-c1ccnc(NC2CCCN(C(=O)O)C2)n1. The molecule has 0 aliphatic carbocycles. The van der Waals surface area contributed by atoms with Crippen molar-refractivity contribution in [2.75, 3.05) is 23.7 Å². The van der Waals surface area contributed by atoms with E-state index < -0.39 is 6.09 Å². The van der Waals surface area contributed by atoms with Crippen LogP contribution in [0.15, 0.2) is 66.4 Å². The summed E-state index contributed by atoms with van der Waals surface area (Å²) in [7, 11) is 0. The van der Waals surface area contributed by atoms with Gasteiger partial charge >= 0.3 is 6.09 Å². The van der Waals surface area contributed by atoms with Gasteiger partial charge in [0.25, 0.3) is 0 Å². The van der Waals surface area contributed by atoms with Crippen LogP contribution < -0.4 is 15.4 Å². The van der Waals surface area contributed by atoms with Gasteiger partial charge in [-0.05, 0) is 56.5 Å². The number of piperidine rings is 1. The van der Waals surface area contributed by atoms with Crippen LogP contribution in [0.4, 0.5) is 16.4 Å². The smallest absolute Gasteiger partial charge is 0.407 e. The van der Waals surface area contributed by atoms with Crippen LogP contribution in [0, 0.1) is 13.8 Å². The quantitative estimate of drug-likeness (QED) is 0.183. The third kappa shape index (κ3) is 5.82. The van der Waals surface area contributed by atoms with Crippen molar-refractivity contribution in [1.29, 1.82) is 0 Å². The molecule has 0 radical (unpaired) electrons. The molecule has 214 valence electrons. The van der Waals surface area contributed by atoms with Crippen LogP contribution in [0.1, 0.15) is 29.0 Å². The van der Waals surface area contributed by atoms with E-state index in [2.05, 4.69) is 56.8 Å². The van der Waals surface area contributed by atoms with Crippen LogP contribution in [0.2, 0.25) is 0 Å². The Kier molecular flexibility index (Phi) is 7.83. The minimum absolute atomic E-state index is 0.0599. The molecule has 11 heteroatoms. The van der Waals surface area contributed by atoms with E-state index in [1.165, 1.54) is 9.78 Å². The molecular weight excluding hydrogens is 550 g/mol. The van der Waals surface area contributed by atoms with Gasteiger partial charge in [0.05, 0.1) is 29.0 Å². The fourth-order valence-electron chi connectivity index (χ4n) is 5.20. The van der Waals surface area contributed by atoms with E-state index in [0.717, 1.165) is 51.9 Å². The lowest BCUT2D eigenvalue weighted by Gasteiger charge is -2.31. The molecule has 0 spiro atoms. The van der Waals surface area contributed by atoms with Crippen LogP contribution >= 0.6 is 11.3 Å². The van der Waals surface area contributed by atoms with E-state index in [1.54, 1.807) is 23.7 Å². The summed E-state index contributed by atoms with van der Waals surface area (Å²) in [6.45, 7) is 5.68. The molecule has 1 aliphatic heterocycles. The summed E-state index contributed by atoms with van der Waals surface area (Å²) in [4.78, 5) is 32.2. The molecule has 2 aromatic carbocycles. The maximum Gasteiger partial charge on any atom is 0.407 e. The Hall–Kier alpha value is -4.77. The number of thiazole rings is 1. The molecule has 10 nitrogen and oxygen atoms in total. The van der Waals surface area contributed by atoms with E-state index in [1.807, 2.05) is 36.7 Å². The van der Waals surface area contributed by atoms with Crippen molar-refractivity contribution in [2.24, 2.45) is 0 Å². The number of aromatic nitrogens is 4. The normalized spacial score (nSPS) is 15.0. The number of anilines is 2. The average molecular weight is 582 g/mol. The van der Waals surface area contributed by atoms with E-state index in [0.29, 0.717) is 37.2 Å². The summed E-state index contributed by atoms with van der Waals surface area (Å²) in [6.07, 6.45) is 4.11. The largest absolute Gasteiger partial charge is 0.465 e. The lowest BCUT2D eigenvalue weighted by Crippen LogP contribution is -2.44. The van der Waals surface area contributed by atoms with Crippen molar-refractivity contribution < 1.29 is 14.6 Å². The third-order valence-corrected chi connectivity index (χ3v) is 8.23. The standard InChI is InChI=1S/C31H31N7O3S/c1-19-10-11-22-23(7-3-9-25(22)34-16-27-20(2)42-18-35-27)28(19)41-29-24(8-4-13-32-29)26-12-14-33-30(37-26)36-21-6-5-15-38(17-21)31(39)40/h3-4,7-14,18,21,34H,5-6,15-17H2,1-2H3,(H,39,40)(H,33,36,37). The Morgan fingerprint density at radius 2 is 1.98 bits per heavy atom. The summed E-state index contributed by atoms with van der Waals surface area (Å²) >= 11 is 1.64. The van der Waals surface area contributed by atoms with Crippen molar-refractivity contribution >= 4 is 39.8 Å². The molecule has 3 aromatic heterocycles. The second-order valence-corrected chi connectivity index (χ2v) is 11.3. The van der Waals surface area contributed by atoms with Crippen molar-refractivity contribution in [3.8, 4) is 22.9 Å². The summed E-state index contributed by atoms with van der Waals surface area (Å²) in [5.74, 6) is 1.60. The summed E-state index contributed by atoms with van der Waals surface area (Å²) in [6, 6.07) is 15.8. The monoisotopic (exact) mass is 581 g/mol. The highest BCUT2D eigenvalue weighted by Gasteiger charge is 2.24. The molecule has 1 saturated heterocycles. The first-order valence-corrected chi connectivity index (χ1v) is 14.7. The third-order valence-electron chi connectivity index (χ3n) is 7.43. The first-order valence-electron chi connectivity index (χ1n) is 13.8. The Balaban J connectivity index is 1.27. The van der Waals surface area contributed by atoms with Crippen LogP contribution in [-0.2, 0) is 6.54 Å². The first kappa shape index (κ1) is 27.4. The van der Waals surface area contributed by atoms with E-state index >= 15 is 0 Å². The lowest BCUT2D eigenvalue weighted by atomic mass is 10.0. The number of likely N-dealkylation sites (tertiary alicyclic amines) is 1. The topological polar surface area (TPSA) is 125 Å². The maximum atomic E-state index is 11.4. The van der Waals surface area contributed by atoms with Gasteiger partial charge in [-0.25, -0.2) is 24.7 Å². The predicted octanol–water partition coefficient (Wildman–Crippen LogP) is 6.72. The zero-order valence-corrected chi connectivity index (χ0v) is 24.2. The van der Waals surface area contributed by atoms with Crippen LogP contribution in [0.5, 0.6) is 11.6 Å². The highest BCUT2D eigenvalue weighted by Crippen LogP contribution is 2.38. The van der Waals surface area contributed by atoms with E-state index in [9.17, 15) is 9.90 Å². The van der Waals surface area contributed by atoms with Gasteiger partial charge in [0, 0.05) is 52.9 Å². The van der Waals surface area contributed by atoms with Crippen molar-refractivity contribution in [1.82, 2.24) is 24.8 Å². The highest BCUT2D eigenvalue weighted by atomic mass is 32.1. The molecular formula is C31H31N7O3S. The molecule has 0 saturated carbocycles. The van der Waals surface area contributed by atoms with E-state index in [-0.39, 0.29) is 6.04 Å². The Labute approximate surface area is 247 Å². The molecule has 4 heterocycles. The number of nitrogens with zero attached hydrogens (tertiary/aromatic N) is 5. The molecule has 1 aliphatic rings. The lowest BCUT2D eigenvalue weighted by molar-refractivity contribution is 0.132. The first-order chi connectivity index (χ1) is 20.5. The second-order valence-electron chi connectivity index (χ2n) is 10.3. The fraction of sp³-hybridized carbons (Fsp3) is 0.258. The summed E-state index contributed by atoms with van der Waals surface area (Å²) < 4.78 is 6.56. The number of ether oxygens (including phenoxy) is 1. The molecule has 42 heavy (non-hydrogen) atoms. The fourth-order valence-corrected chi connectivity index (χ4v) is 5.80. The minimum atomic E-state index is -0.908. The van der Waals surface area contributed by atoms with Gasteiger partial charge in [-0.2, -0.15) is 0 Å². The van der Waals surface area contributed by atoms with Crippen LogP contribution in [0.25, 0.3) is 22.0 Å². The molecule has 1 atom stereocenters. The van der Waals surface area contributed by atoms with Gasteiger partial charge in [-0.3, -0.25) is 0 Å². The number of benzene rings is 2. The highest BCUT2D eigenvalue weighted by molar-refractivity contribution is 7.09. The number of nitrogens with one attached hydrogen (secondary N) is 2. The van der Waals surface area contributed by atoms with E-state index in [4.69, 9.17) is 9.72 Å². The molecule has 3 N–H and O–H groups in total. The second kappa shape index (κ2) is 12.0. The molecule has 5 aromatic rings. The number of fused-ring (bicyclic) bond motifs is 1. The van der Waals surface area contributed by atoms with Crippen LogP contribution in [-0.4, -0.2) is 55.2 Å². The number of amides is 1. The van der Waals surface area contributed by atoms with Gasteiger partial charge < -0.3 is 25.4 Å². The number of pyridine rings is 1. The van der Waals surface area contributed by atoms with Gasteiger partial charge in [0.15, 0.2) is 0 Å². The summed E-state index contributed by atoms with van der Waals surface area (Å²) in [5, 5.41) is 18.2. The van der Waals surface area contributed by atoms with Gasteiger partial charge in [-0.15, -0.1) is 11.3 Å². The number of carboxylic acid groups (broad SMARTS) is 1.